The molecule has 42 heavy (non-hydrogen) atoms. The number of rotatable bonds is 6. The van der Waals surface area contributed by atoms with Gasteiger partial charge in [-0.3, -0.25) is 9.36 Å². The number of allylic oxidation sites excluding steroid dienone is 1. The van der Waals surface area contributed by atoms with Crippen molar-refractivity contribution in [3.05, 3.63) is 138 Å². The number of aromatic nitrogens is 2. The number of nitriles is 1. The molecule has 0 bridgehead atoms. The first kappa shape index (κ1) is 27.1. The summed E-state index contributed by atoms with van der Waals surface area (Å²) < 4.78 is 23.2. The summed E-state index contributed by atoms with van der Waals surface area (Å²) in [5.74, 6) is -0.977. The zero-order chi connectivity index (χ0) is 29.4. The molecule has 6 rings (SSSR count). The number of ether oxygens (including phenoxy) is 1. The molecule has 2 aromatic heterocycles. The maximum absolute atomic E-state index is 14.0. The van der Waals surface area contributed by atoms with E-state index in [1.54, 1.807) is 38.1 Å². The standard InChI is InChI=1S/C33H25FN4O3S/c1-3-41-32(40)29-20(2)36-33-38(30(29)23-12-14-25(34)15-13-23)31(39)28(42-33)16-24-19-37(27-7-5-4-6-26(24)27)18-22-10-8-21(17-35)9-11-22/h4-16,19,30H,3,18H2,1-2H3/b28-16-/t30-/m1/s1. The predicted molar refractivity (Wildman–Crippen MR) is 159 cm³/mol. The minimum Gasteiger partial charge on any atom is -0.463 e. The molecule has 3 heterocycles. The molecule has 0 saturated heterocycles. The van der Waals surface area contributed by atoms with Crippen molar-refractivity contribution in [1.29, 1.82) is 5.26 Å². The van der Waals surface area contributed by atoms with Crippen molar-refractivity contribution < 1.29 is 13.9 Å². The molecule has 208 valence electrons. The fourth-order valence-corrected chi connectivity index (χ4v) is 6.33. The largest absolute Gasteiger partial charge is 0.463 e. The van der Waals surface area contributed by atoms with Crippen LogP contribution in [0.15, 0.2) is 100 Å². The fourth-order valence-electron chi connectivity index (χ4n) is 5.30. The van der Waals surface area contributed by atoms with Crippen LogP contribution < -0.4 is 14.9 Å². The SMILES string of the molecule is CCOC(=O)C1=C(C)N=c2s/c(=C\c3cn(Cc4ccc(C#N)cc4)c4ccccc34)c(=O)n2[C@@H]1c1ccc(F)cc1. The molecular weight excluding hydrogens is 551 g/mol. The number of thiazole rings is 1. The van der Waals surface area contributed by atoms with E-state index in [2.05, 4.69) is 15.6 Å². The summed E-state index contributed by atoms with van der Waals surface area (Å²) in [6.07, 6.45) is 3.86. The van der Waals surface area contributed by atoms with Crippen LogP contribution in [0.1, 0.15) is 42.1 Å². The molecular formula is C33H25FN4O3S. The molecule has 1 aliphatic heterocycles. The Labute approximate surface area is 244 Å². The second-order valence-corrected chi connectivity index (χ2v) is 10.9. The quantitative estimate of drug-likeness (QED) is 0.272. The molecule has 5 aromatic rings. The number of carbonyl (C=O) groups is 1. The van der Waals surface area contributed by atoms with Gasteiger partial charge in [-0.2, -0.15) is 5.26 Å². The van der Waals surface area contributed by atoms with Gasteiger partial charge in [0.25, 0.3) is 5.56 Å². The summed E-state index contributed by atoms with van der Waals surface area (Å²) in [5, 5.41) is 10.1. The number of esters is 1. The second-order valence-electron chi connectivity index (χ2n) is 9.89. The maximum Gasteiger partial charge on any atom is 0.338 e. The highest BCUT2D eigenvalue weighted by atomic mass is 32.1. The Morgan fingerprint density at radius 3 is 2.57 bits per heavy atom. The van der Waals surface area contributed by atoms with E-state index in [0.717, 1.165) is 22.0 Å². The van der Waals surface area contributed by atoms with Gasteiger partial charge in [-0.05, 0) is 61.4 Å². The van der Waals surface area contributed by atoms with Gasteiger partial charge in [-0.1, -0.05) is 53.8 Å². The monoisotopic (exact) mass is 576 g/mol. The van der Waals surface area contributed by atoms with Crippen LogP contribution in [0, 0.1) is 17.1 Å². The van der Waals surface area contributed by atoms with Gasteiger partial charge in [0.2, 0.25) is 0 Å². The van der Waals surface area contributed by atoms with Crippen LogP contribution in [0.5, 0.6) is 0 Å². The van der Waals surface area contributed by atoms with Crippen molar-refractivity contribution in [3.63, 3.8) is 0 Å². The lowest BCUT2D eigenvalue weighted by molar-refractivity contribution is -0.139. The number of carbonyl (C=O) groups excluding carboxylic acids is 1. The van der Waals surface area contributed by atoms with Crippen LogP contribution in [0.4, 0.5) is 4.39 Å². The van der Waals surface area contributed by atoms with Gasteiger partial charge >= 0.3 is 5.97 Å². The van der Waals surface area contributed by atoms with E-state index >= 15 is 0 Å². The molecule has 7 nitrogen and oxygen atoms in total. The van der Waals surface area contributed by atoms with Gasteiger partial charge < -0.3 is 9.30 Å². The lowest BCUT2D eigenvalue weighted by Crippen LogP contribution is -2.39. The molecule has 0 N–H and O–H groups in total. The van der Waals surface area contributed by atoms with Gasteiger partial charge in [0.15, 0.2) is 4.80 Å². The van der Waals surface area contributed by atoms with Crippen molar-refractivity contribution in [2.45, 2.75) is 26.4 Å². The average Bonchev–Trinajstić information content (AvgIpc) is 3.49. The highest BCUT2D eigenvalue weighted by Gasteiger charge is 2.33. The fraction of sp³-hybridized carbons (Fsp3) is 0.152. The number of benzene rings is 3. The highest BCUT2D eigenvalue weighted by Crippen LogP contribution is 2.31. The number of nitrogens with zero attached hydrogens (tertiary/aromatic N) is 4. The zero-order valence-electron chi connectivity index (χ0n) is 22.9. The predicted octanol–water partition coefficient (Wildman–Crippen LogP) is 4.81. The van der Waals surface area contributed by atoms with E-state index in [9.17, 15) is 14.0 Å². The third-order valence-corrected chi connectivity index (χ3v) is 8.23. The van der Waals surface area contributed by atoms with Crippen molar-refractivity contribution in [2.24, 2.45) is 4.99 Å². The van der Waals surface area contributed by atoms with Crippen molar-refractivity contribution in [3.8, 4) is 6.07 Å². The molecule has 0 radical (unpaired) electrons. The van der Waals surface area contributed by atoms with Crippen LogP contribution in [-0.2, 0) is 16.1 Å². The van der Waals surface area contributed by atoms with Gasteiger partial charge in [0.05, 0.1) is 40.1 Å². The molecule has 0 spiro atoms. The van der Waals surface area contributed by atoms with Crippen molar-refractivity contribution in [2.75, 3.05) is 6.61 Å². The van der Waals surface area contributed by atoms with Crippen molar-refractivity contribution in [1.82, 2.24) is 9.13 Å². The number of para-hydroxylation sites is 1. The molecule has 0 unspecified atom stereocenters. The maximum atomic E-state index is 14.0. The Morgan fingerprint density at radius 2 is 1.86 bits per heavy atom. The van der Waals surface area contributed by atoms with Crippen molar-refractivity contribution >= 4 is 34.3 Å². The van der Waals surface area contributed by atoms with E-state index in [1.165, 1.54) is 28.0 Å². The van der Waals surface area contributed by atoms with E-state index in [1.807, 2.05) is 48.7 Å². The molecule has 1 atom stereocenters. The van der Waals surface area contributed by atoms with E-state index in [0.29, 0.717) is 32.7 Å². The lowest BCUT2D eigenvalue weighted by Gasteiger charge is -2.24. The van der Waals surface area contributed by atoms with Gasteiger partial charge in [-0.15, -0.1) is 0 Å². The van der Waals surface area contributed by atoms with E-state index in [-0.39, 0.29) is 17.7 Å². The Morgan fingerprint density at radius 1 is 1.12 bits per heavy atom. The second kappa shape index (κ2) is 11.1. The minimum absolute atomic E-state index is 0.169. The average molecular weight is 577 g/mol. The summed E-state index contributed by atoms with van der Waals surface area (Å²) in [7, 11) is 0. The Hall–Kier alpha value is -5.07. The molecule has 1 aliphatic rings. The molecule has 0 aliphatic carbocycles. The summed E-state index contributed by atoms with van der Waals surface area (Å²) in [5.41, 5.74) is 4.51. The molecule has 9 heteroatoms. The molecule has 0 saturated carbocycles. The van der Waals surface area contributed by atoms with E-state index < -0.39 is 17.8 Å². The van der Waals surface area contributed by atoms with E-state index in [4.69, 9.17) is 10.00 Å². The molecule has 0 amide bonds. The smallest absolute Gasteiger partial charge is 0.338 e. The van der Waals surface area contributed by atoms with Crippen LogP contribution >= 0.6 is 11.3 Å². The Kier molecular flexibility index (Phi) is 7.15. The van der Waals surface area contributed by atoms with Gasteiger partial charge in [0, 0.05) is 29.2 Å². The molecule has 0 fully saturated rings. The van der Waals surface area contributed by atoms with Crippen LogP contribution in [0.3, 0.4) is 0 Å². The summed E-state index contributed by atoms with van der Waals surface area (Å²) in [4.78, 5) is 32.1. The third kappa shape index (κ3) is 4.86. The number of hydrogen-bond acceptors (Lipinski definition) is 6. The highest BCUT2D eigenvalue weighted by molar-refractivity contribution is 7.07. The summed E-state index contributed by atoms with van der Waals surface area (Å²) in [6.45, 7) is 4.20. The van der Waals surface area contributed by atoms with Gasteiger partial charge in [0.1, 0.15) is 5.82 Å². The lowest BCUT2D eigenvalue weighted by atomic mass is 9.96. The number of halogens is 1. The third-order valence-electron chi connectivity index (χ3n) is 7.24. The minimum atomic E-state index is -0.805. The number of fused-ring (bicyclic) bond motifs is 2. The first-order valence-electron chi connectivity index (χ1n) is 13.4. The molecule has 3 aromatic carbocycles. The topological polar surface area (TPSA) is 89.4 Å². The van der Waals surface area contributed by atoms with Crippen LogP contribution in [-0.4, -0.2) is 21.7 Å². The van der Waals surface area contributed by atoms with Crippen LogP contribution in [0.2, 0.25) is 0 Å². The summed E-state index contributed by atoms with van der Waals surface area (Å²) in [6, 6.07) is 22.5. The first-order chi connectivity index (χ1) is 20.4. The van der Waals surface area contributed by atoms with Gasteiger partial charge in [-0.25, -0.2) is 14.2 Å². The summed E-state index contributed by atoms with van der Waals surface area (Å²) >= 11 is 1.24. The van der Waals surface area contributed by atoms with Crippen LogP contribution in [0.25, 0.3) is 17.0 Å². The zero-order valence-corrected chi connectivity index (χ0v) is 23.7. The first-order valence-corrected chi connectivity index (χ1v) is 14.2. The normalized spacial score (nSPS) is 14.9. The Bertz CT molecular complexity index is 2100. The Balaban J connectivity index is 1.49. The number of hydrogen-bond donors (Lipinski definition) is 0.